The van der Waals surface area contributed by atoms with Gasteiger partial charge in [0.25, 0.3) is 0 Å². The summed E-state index contributed by atoms with van der Waals surface area (Å²) in [5.41, 5.74) is 0. The van der Waals surface area contributed by atoms with Crippen LogP contribution in [0.4, 0.5) is 0 Å². The molecule has 0 bridgehead atoms. The zero-order chi connectivity index (χ0) is 10.8. The van der Waals surface area contributed by atoms with Gasteiger partial charge in [-0.3, -0.25) is 0 Å². The Hall–Kier alpha value is -0.0800. The summed E-state index contributed by atoms with van der Waals surface area (Å²) in [6.07, 6.45) is 4.13. The van der Waals surface area contributed by atoms with Gasteiger partial charge in [0, 0.05) is 13.2 Å². The summed E-state index contributed by atoms with van der Waals surface area (Å²) < 4.78 is 5.85. The molecule has 0 rings (SSSR count). The Bertz CT molecular complexity index is 115. The summed E-state index contributed by atoms with van der Waals surface area (Å²) in [5, 5.41) is 3.35. The molecule has 0 amide bonds. The fourth-order valence-electron chi connectivity index (χ4n) is 1.36. The molecule has 0 spiro atoms. The Balaban J connectivity index is 3.52. The molecule has 1 N–H and O–H groups in total. The number of hydrogen-bond acceptors (Lipinski definition) is 2. The average molecular weight is 201 g/mol. The lowest BCUT2D eigenvalue weighted by Gasteiger charge is -2.21. The zero-order valence-corrected chi connectivity index (χ0v) is 10.3. The summed E-state index contributed by atoms with van der Waals surface area (Å²) in [6.45, 7) is 11.7. The predicted molar refractivity (Wildman–Crippen MR) is 62.6 cm³/mol. The van der Waals surface area contributed by atoms with Crippen molar-refractivity contribution in [2.45, 2.75) is 53.1 Å². The van der Waals surface area contributed by atoms with Crippen LogP contribution in [-0.2, 0) is 4.74 Å². The van der Waals surface area contributed by atoms with Crippen molar-refractivity contribution < 1.29 is 4.74 Å². The molecule has 1 atom stereocenters. The molecule has 0 aromatic carbocycles. The number of ether oxygens (including phenoxy) is 1. The standard InChI is InChI=1S/C12H27NO/c1-5-7-8-9-14-12(11(3)4)10-13-6-2/h11-13H,5-10H2,1-4H3. The van der Waals surface area contributed by atoms with Gasteiger partial charge in [0.15, 0.2) is 0 Å². The van der Waals surface area contributed by atoms with E-state index in [0.717, 1.165) is 19.7 Å². The van der Waals surface area contributed by atoms with Crippen molar-refractivity contribution in [3.05, 3.63) is 0 Å². The quantitative estimate of drug-likeness (QED) is 0.579. The highest BCUT2D eigenvalue weighted by atomic mass is 16.5. The van der Waals surface area contributed by atoms with Gasteiger partial charge in [-0.05, 0) is 18.9 Å². The van der Waals surface area contributed by atoms with Gasteiger partial charge in [0.05, 0.1) is 6.10 Å². The summed E-state index contributed by atoms with van der Waals surface area (Å²) in [5.74, 6) is 0.607. The van der Waals surface area contributed by atoms with Gasteiger partial charge in [-0.15, -0.1) is 0 Å². The first-order chi connectivity index (χ1) is 6.72. The molecule has 0 heterocycles. The fraction of sp³-hybridized carbons (Fsp3) is 1.00. The Morgan fingerprint density at radius 1 is 1.14 bits per heavy atom. The maximum absolute atomic E-state index is 5.85. The molecule has 0 aliphatic rings. The van der Waals surface area contributed by atoms with Gasteiger partial charge in [-0.25, -0.2) is 0 Å². The third-order valence-electron chi connectivity index (χ3n) is 2.42. The van der Waals surface area contributed by atoms with Gasteiger partial charge >= 0.3 is 0 Å². The number of nitrogens with one attached hydrogen (secondary N) is 1. The molecule has 2 heteroatoms. The highest BCUT2D eigenvalue weighted by molar-refractivity contribution is 4.65. The van der Waals surface area contributed by atoms with Crippen LogP contribution in [0.15, 0.2) is 0 Å². The van der Waals surface area contributed by atoms with E-state index in [1.807, 2.05) is 0 Å². The topological polar surface area (TPSA) is 21.3 Å². The minimum atomic E-state index is 0.381. The second-order valence-corrected chi connectivity index (χ2v) is 4.17. The van der Waals surface area contributed by atoms with Crippen molar-refractivity contribution in [2.24, 2.45) is 5.92 Å². The average Bonchev–Trinajstić information content (AvgIpc) is 2.16. The summed E-state index contributed by atoms with van der Waals surface area (Å²) in [7, 11) is 0. The first-order valence-corrected chi connectivity index (χ1v) is 6.04. The summed E-state index contributed by atoms with van der Waals surface area (Å²) in [6, 6.07) is 0. The number of unbranched alkanes of at least 4 members (excludes halogenated alkanes) is 2. The van der Waals surface area contributed by atoms with E-state index >= 15 is 0 Å². The molecule has 0 fully saturated rings. The van der Waals surface area contributed by atoms with Crippen LogP contribution in [0.3, 0.4) is 0 Å². The smallest absolute Gasteiger partial charge is 0.0722 e. The Morgan fingerprint density at radius 3 is 2.36 bits per heavy atom. The van der Waals surface area contributed by atoms with Crippen molar-refractivity contribution in [2.75, 3.05) is 19.7 Å². The van der Waals surface area contributed by atoms with E-state index < -0.39 is 0 Å². The number of likely N-dealkylation sites (N-methyl/N-ethyl adjacent to an activating group) is 1. The van der Waals surface area contributed by atoms with Crippen LogP contribution in [0.25, 0.3) is 0 Å². The fourth-order valence-corrected chi connectivity index (χ4v) is 1.36. The first-order valence-electron chi connectivity index (χ1n) is 6.04. The van der Waals surface area contributed by atoms with E-state index in [4.69, 9.17) is 4.74 Å². The highest BCUT2D eigenvalue weighted by Gasteiger charge is 2.12. The summed E-state index contributed by atoms with van der Waals surface area (Å²) in [4.78, 5) is 0. The van der Waals surface area contributed by atoms with Crippen LogP contribution in [0.1, 0.15) is 47.0 Å². The lowest BCUT2D eigenvalue weighted by atomic mass is 10.1. The van der Waals surface area contributed by atoms with Crippen LogP contribution < -0.4 is 5.32 Å². The van der Waals surface area contributed by atoms with Crippen LogP contribution >= 0.6 is 0 Å². The zero-order valence-electron chi connectivity index (χ0n) is 10.3. The van der Waals surface area contributed by atoms with Gasteiger partial charge in [-0.2, -0.15) is 0 Å². The number of hydrogen-bond donors (Lipinski definition) is 1. The van der Waals surface area contributed by atoms with Crippen LogP contribution in [0, 0.1) is 5.92 Å². The second-order valence-electron chi connectivity index (χ2n) is 4.17. The SMILES string of the molecule is CCCCCOC(CNCC)C(C)C. The predicted octanol–water partition coefficient (Wildman–Crippen LogP) is 2.83. The van der Waals surface area contributed by atoms with Crippen molar-refractivity contribution >= 4 is 0 Å². The van der Waals surface area contributed by atoms with Gasteiger partial charge in [0.2, 0.25) is 0 Å². The molecular formula is C12H27NO. The molecule has 0 aliphatic heterocycles. The second kappa shape index (κ2) is 9.47. The Labute approximate surface area is 89.4 Å². The van der Waals surface area contributed by atoms with E-state index in [1.165, 1.54) is 19.3 Å². The van der Waals surface area contributed by atoms with E-state index in [9.17, 15) is 0 Å². The molecule has 0 saturated carbocycles. The Morgan fingerprint density at radius 2 is 1.86 bits per heavy atom. The maximum atomic E-state index is 5.85. The van der Waals surface area contributed by atoms with Crippen LogP contribution in [-0.4, -0.2) is 25.8 Å². The molecule has 86 valence electrons. The third kappa shape index (κ3) is 7.34. The van der Waals surface area contributed by atoms with E-state index in [0.29, 0.717) is 12.0 Å². The minimum Gasteiger partial charge on any atom is -0.377 e. The molecule has 1 unspecified atom stereocenters. The first kappa shape index (κ1) is 13.9. The monoisotopic (exact) mass is 201 g/mol. The van der Waals surface area contributed by atoms with E-state index in [-0.39, 0.29) is 0 Å². The van der Waals surface area contributed by atoms with Gasteiger partial charge < -0.3 is 10.1 Å². The van der Waals surface area contributed by atoms with Crippen molar-refractivity contribution in [1.82, 2.24) is 5.32 Å². The lowest BCUT2D eigenvalue weighted by molar-refractivity contribution is 0.0213. The maximum Gasteiger partial charge on any atom is 0.0722 e. The van der Waals surface area contributed by atoms with Gasteiger partial charge in [0.1, 0.15) is 0 Å². The van der Waals surface area contributed by atoms with Crippen LogP contribution in [0.2, 0.25) is 0 Å². The van der Waals surface area contributed by atoms with E-state index in [2.05, 4.69) is 33.0 Å². The molecule has 0 radical (unpaired) electrons. The minimum absolute atomic E-state index is 0.381. The molecule has 0 saturated heterocycles. The molecule has 0 aliphatic carbocycles. The molecule has 14 heavy (non-hydrogen) atoms. The third-order valence-corrected chi connectivity index (χ3v) is 2.42. The molecule has 0 aromatic heterocycles. The normalized spacial score (nSPS) is 13.5. The van der Waals surface area contributed by atoms with Crippen LogP contribution in [0.5, 0.6) is 0 Å². The van der Waals surface area contributed by atoms with Gasteiger partial charge in [-0.1, -0.05) is 40.5 Å². The van der Waals surface area contributed by atoms with E-state index in [1.54, 1.807) is 0 Å². The molecule has 2 nitrogen and oxygen atoms in total. The van der Waals surface area contributed by atoms with Crippen molar-refractivity contribution in [3.8, 4) is 0 Å². The van der Waals surface area contributed by atoms with Crippen molar-refractivity contribution in [3.63, 3.8) is 0 Å². The molecule has 0 aromatic rings. The number of rotatable bonds is 9. The lowest BCUT2D eigenvalue weighted by Crippen LogP contribution is -2.33. The Kier molecular flexibility index (Phi) is 9.42. The van der Waals surface area contributed by atoms with Crippen molar-refractivity contribution in [1.29, 1.82) is 0 Å². The highest BCUT2D eigenvalue weighted by Crippen LogP contribution is 2.07. The largest absolute Gasteiger partial charge is 0.377 e. The molecular weight excluding hydrogens is 174 g/mol. The summed E-state index contributed by atoms with van der Waals surface area (Å²) >= 11 is 0.